The van der Waals surface area contributed by atoms with Crippen LogP contribution >= 0.6 is 0 Å². The predicted octanol–water partition coefficient (Wildman–Crippen LogP) is 3.51. The lowest BCUT2D eigenvalue weighted by Crippen LogP contribution is -2.45. The molecule has 2 aromatic rings. The van der Waals surface area contributed by atoms with E-state index in [4.69, 9.17) is 4.42 Å². The van der Waals surface area contributed by atoms with E-state index < -0.39 is 18.6 Å². The average Bonchev–Trinajstić information content (AvgIpc) is 3.11. The van der Waals surface area contributed by atoms with Gasteiger partial charge in [0.15, 0.2) is 0 Å². The fraction of sp³-hybridized carbons (Fsp3) is 0.412. The van der Waals surface area contributed by atoms with Gasteiger partial charge in [0.05, 0.1) is 12.3 Å². The third-order valence-electron chi connectivity index (χ3n) is 4.04. The second kappa shape index (κ2) is 7.45. The highest BCUT2D eigenvalue weighted by molar-refractivity contribution is 5.40. The quantitative estimate of drug-likeness (QED) is 0.802. The Morgan fingerprint density at radius 3 is 2.44 bits per heavy atom. The van der Waals surface area contributed by atoms with Crippen molar-refractivity contribution >= 4 is 0 Å². The standard InChI is InChI=1S/C17H18F4N2O2/c18-16(19)17(20,21)25-13-5-2-1-4-12(13)15(14-6-3-11-24-14)23-9-7-22-8-10-23/h1-6,11,15-16,22H,7-10H2/t15-/m1/s1. The van der Waals surface area contributed by atoms with Crippen LogP contribution in [0.2, 0.25) is 0 Å². The van der Waals surface area contributed by atoms with Crippen molar-refractivity contribution in [2.24, 2.45) is 0 Å². The van der Waals surface area contributed by atoms with Crippen LogP contribution in [0.15, 0.2) is 47.1 Å². The van der Waals surface area contributed by atoms with Gasteiger partial charge < -0.3 is 14.5 Å². The molecule has 0 aliphatic carbocycles. The molecule has 1 aliphatic rings. The summed E-state index contributed by atoms with van der Waals surface area (Å²) in [7, 11) is 0. The Kier molecular flexibility index (Phi) is 5.29. The van der Waals surface area contributed by atoms with Crippen molar-refractivity contribution in [3.05, 3.63) is 54.0 Å². The molecule has 1 aliphatic heterocycles. The number of ether oxygens (including phenoxy) is 1. The summed E-state index contributed by atoms with van der Waals surface area (Å²) in [6.07, 6.45) is -6.99. The van der Waals surface area contributed by atoms with Gasteiger partial charge in [-0.25, -0.2) is 0 Å². The van der Waals surface area contributed by atoms with E-state index in [0.717, 1.165) is 13.1 Å². The molecule has 3 rings (SSSR count). The summed E-state index contributed by atoms with van der Waals surface area (Å²) in [6, 6.07) is 8.91. The molecule has 8 heteroatoms. The first-order valence-electron chi connectivity index (χ1n) is 7.91. The predicted molar refractivity (Wildman–Crippen MR) is 83.0 cm³/mol. The number of para-hydroxylation sites is 1. The highest BCUT2D eigenvalue weighted by Gasteiger charge is 2.45. The van der Waals surface area contributed by atoms with Crippen molar-refractivity contribution in [3.8, 4) is 5.75 Å². The molecule has 0 unspecified atom stereocenters. The maximum absolute atomic E-state index is 13.4. The first-order chi connectivity index (χ1) is 12.0. The monoisotopic (exact) mass is 358 g/mol. The fourth-order valence-electron chi connectivity index (χ4n) is 2.91. The molecule has 1 aromatic carbocycles. The minimum Gasteiger partial charge on any atom is -0.467 e. The normalized spacial score (nSPS) is 17.6. The van der Waals surface area contributed by atoms with Crippen molar-refractivity contribution < 1.29 is 26.7 Å². The minimum atomic E-state index is -4.56. The molecule has 0 radical (unpaired) electrons. The third-order valence-corrected chi connectivity index (χ3v) is 4.04. The maximum atomic E-state index is 13.4. The number of furan rings is 1. The number of piperazine rings is 1. The lowest BCUT2D eigenvalue weighted by molar-refractivity contribution is -0.253. The zero-order valence-electron chi connectivity index (χ0n) is 13.3. The topological polar surface area (TPSA) is 37.6 Å². The van der Waals surface area contributed by atoms with Crippen molar-refractivity contribution in [2.75, 3.05) is 26.2 Å². The summed E-state index contributed by atoms with van der Waals surface area (Å²) >= 11 is 0. The molecule has 1 atom stereocenters. The molecule has 0 saturated carbocycles. The van der Waals surface area contributed by atoms with Crippen molar-refractivity contribution in [2.45, 2.75) is 18.6 Å². The highest BCUT2D eigenvalue weighted by Crippen LogP contribution is 2.38. The molecule has 0 amide bonds. The van der Waals surface area contributed by atoms with Crippen molar-refractivity contribution in [1.29, 1.82) is 0 Å². The number of nitrogens with one attached hydrogen (secondary N) is 1. The summed E-state index contributed by atoms with van der Waals surface area (Å²) in [5.74, 6) is 0.256. The number of rotatable bonds is 6. The zero-order chi connectivity index (χ0) is 17.9. The van der Waals surface area contributed by atoms with E-state index in [1.807, 2.05) is 4.90 Å². The Labute approximate surface area is 142 Å². The van der Waals surface area contributed by atoms with Gasteiger partial charge in [0.25, 0.3) is 0 Å². The lowest BCUT2D eigenvalue weighted by atomic mass is 10.0. The van der Waals surface area contributed by atoms with Crippen LogP contribution in [0.3, 0.4) is 0 Å². The van der Waals surface area contributed by atoms with Gasteiger partial charge in [-0.05, 0) is 18.2 Å². The molecular weight excluding hydrogens is 340 g/mol. The van der Waals surface area contributed by atoms with Crippen LogP contribution in [0, 0.1) is 0 Å². The van der Waals surface area contributed by atoms with E-state index in [0.29, 0.717) is 24.4 Å². The maximum Gasteiger partial charge on any atom is 0.461 e. The summed E-state index contributed by atoms with van der Waals surface area (Å²) in [5.41, 5.74) is 0.361. The minimum absolute atomic E-state index is 0.285. The number of alkyl halides is 4. The van der Waals surface area contributed by atoms with Crippen LogP contribution < -0.4 is 10.1 Å². The Morgan fingerprint density at radius 1 is 1.08 bits per heavy atom. The van der Waals surface area contributed by atoms with Crippen LogP contribution in [0.25, 0.3) is 0 Å². The average molecular weight is 358 g/mol. The van der Waals surface area contributed by atoms with Gasteiger partial charge in [0, 0.05) is 31.7 Å². The SMILES string of the molecule is FC(F)C(F)(F)Oc1ccccc1[C@H](c1ccco1)N1CCNCC1. The molecule has 0 bridgehead atoms. The number of benzene rings is 1. The number of hydrogen-bond acceptors (Lipinski definition) is 4. The summed E-state index contributed by atoms with van der Waals surface area (Å²) in [6.45, 7) is 2.77. The van der Waals surface area contributed by atoms with Gasteiger partial charge in [0.1, 0.15) is 11.5 Å². The Bertz CT molecular complexity index is 673. The van der Waals surface area contributed by atoms with E-state index in [1.165, 1.54) is 18.4 Å². The van der Waals surface area contributed by atoms with Crippen LogP contribution in [0.1, 0.15) is 17.4 Å². The van der Waals surface area contributed by atoms with Gasteiger partial charge in [-0.2, -0.15) is 17.6 Å². The Hall–Kier alpha value is -2.06. The largest absolute Gasteiger partial charge is 0.467 e. The van der Waals surface area contributed by atoms with E-state index in [1.54, 1.807) is 24.3 Å². The van der Waals surface area contributed by atoms with Crippen LogP contribution in [0.4, 0.5) is 17.6 Å². The van der Waals surface area contributed by atoms with Gasteiger partial charge in [0.2, 0.25) is 0 Å². The summed E-state index contributed by atoms with van der Waals surface area (Å²) in [5, 5.41) is 3.21. The van der Waals surface area contributed by atoms with Crippen LogP contribution in [0.5, 0.6) is 5.75 Å². The third kappa shape index (κ3) is 3.96. The molecule has 25 heavy (non-hydrogen) atoms. The number of hydrogen-bond donors (Lipinski definition) is 1. The zero-order valence-corrected chi connectivity index (χ0v) is 13.3. The van der Waals surface area contributed by atoms with E-state index >= 15 is 0 Å². The van der Waals surface area contributed by atoms with Gasteiger partial charge in [-0.1, -0.05) is 18.2 Å². The summed E-state index contributed by atoms with van der Waals surface area (Å²) in [4.78, 5) is 2.04. The van der Waals surface area contributed by atoms with E-state index in [2.05, 4.69) is 10.1 Å². The molecule has 136 valence electrons. The number of nitrogens with zero attached hydrogens (tertiary/aromatic N) is 1. The molecule has 2 heterocycles. The molecule has 1 saturated heterocycles. The second-order valence-electron chi connectivity index (χ2n) is 5.71. The molecular formula is C17H18F4N2O2. The second-order valence-corrected chi connectivity index (χ2v) is 5.71. The van der Waals surface area contributed by atoms with Crippen LogP contribution in [-0.4, -0.2) is 43.6 Å². The Morgan fingerprint density at radius 2 is 1.80 bits per heavy atom. The molecule has 0 spiro atoms. The van der Waals surface area contributed by atoms with Crippen molar-refractivity contribution in [3.63, 3.8) is 0 Å². The lowest BCUT2D eigenvalue weighted by Gasteiger charge is -2.35. The Balaban J connectivity index is 1.99. The van der Waals surface area contributed by atoms with E-state index in [9.17, 15) is 17.6 Å². The van der Waals surface area contributed by atoms with Gasteiger partial charge in [-0.3, -0.25) is 4.90 Å². The number of halogens is 4. The molecule has 1 N–H and O–H groups in total. The molecule has 1 aromatic heterocycles. The molecule has 4 nitrogen and oxygen atoms in total. The van der Waals surface area contributed by atoms with Crippen LogP contribution in [-0.2, 0) is 0 Å². The van der Waals surface area contributed by atoms with Gasteiger partial charge in [-0.15, -0.1) is 0 Å². The van der Waals surface area contributed by atoms with E-state index in [-0.39, 0.29) is 5.75 Å². The van der Waals surface area contributed by atoms with Crippen molar-refractivity contribution in [1.82, 2.24) is 10.2 Å². The van der Waals surface area contributed by atoms with Gasteiger partial charge >= 0.3 is 12.5 Å². The summed E-state index contributed by atoms with van der Waals surface area (Å²) < 4.78 is 61.9. The fourth-order valence-corrected chi connectivity index (χ4v) is 2.91. The first kappa shape index (κ1) is 17.8. The first-order valence-corrected chi connectivity index (χ1v) is 7.91. The highest BCUT2D eigenvalue weighted by atomic mass is 19.3. The smallest absolute Gasteiger partial charge is 0.461 e. The molecule has 1 fully saturated rings.